The van der Waals surface area contributed by atoms with Gasteiger partial charge in [0.05, 0.1) is 13.2 Å². The molecule has 16 nitrogen and oxygen atoms in total. The molecule has 18 heteroatoms. The number of aliphatic hydroxyl groups is 6. The molecule has 6 aliphatic rings. The molecular weight excluding hydrogens is 600 g/mol. The summed E-state index contributed by atoms with van der Waals surface area (Å²) in [5, 5.41) is 74.0. The van der Waals surface area contributed by atoms with Crippen LogP contribution in [0.5, 0.6) is 0 Å². The Morgan fingerprint density at radius 2 is 1.07 bits per heavy atom. The first-order chi connectivity index (χ1) is 19.3. The fourth-order valence-corrected chi connectivity index (χ4v) is 7.78. The lowest BCUT2D eigenvalue weighted by atomic mass is 9.85. The summed E-state index contributed by atoms with van der Waals surface area (Å²) in [7, 11) is 1.79. The van der Waals surface area contributed by atoms with Crippen LogP contribution in [0.2, 0.25) is 0 Å². The lowest BCUT2D eigenvalue weighted by molar-refractivity contribution is -0.223. The predicted molar refractivity (Wildman–Crippen MR) is 146 cm³/mol. The summed E-state index contributed by atoms with van der Waals surface area (Å²) in [6.45, 7) is 9.08. The van der Waals surface area contributed by atoms with Crippen molar-refractivity contribution in [2.24, 2.45) is 0 Å². The minimum Gasteiger partial charge on any atom is -0.386 e. The molecule has 0 spiro atoms. The molecule has 0 saturated carbocycles. The van der Waals surface area contributed by atoms with Gasteiger partial charge >= 0.3 is 0 Å². The number of carbonyl (C=O) groups excluding carboxylic acids is 4. The van der Waals surface area contributed by atoms with Crippen LogP contribution in [0, 0.1) is 0 Å². The maximum Gasteiger partial charge on any atom is 0.280 e. The molecule has 6 aliphatic heterocycles. The zero-order valence-corrected chi connectivity index (χ0v) is 24.4. The van der Waals surface area contributed by atoms with E-state index in [0.29, 0.717) is 0 Å². The van der Waals surface area contributed by atoms with E-state index in [9.17, 15) is 49.8 Å². The molecular formula is C24H34N4O12S2. The van der Waals surface area contributed by atoms with Gasteiger partial charge in [-0.15, -0.1) is 0 Å². The van der Waals surface area contributed by atoms with Crippen molar-refractivity contribution >= 4 is 45.2 Å². The molecule has 0 aromatic heterocycles. The van der Waals surface area contributed by atoms with Crippen molar-refractivity contribution in [2.75, 3.05) is 24.7 Å². The van der Waals surface area contributed by atoms with E-state index in [1.807, 2.05) is 0 Å². The number of fused-ring (bicyclic) bond motifs is 10. The summed E-state index contributed by atoms with van der Waals surface area (Å²) < 4.78 is 11.0. The molecule has 0 aromatic carbocycles. The number of ether oxygens (including phenoxy) is 2. The van der Waals surface area contributed by atoms with Crippen LogP contribution in [0.15, 0.2) is 24.3 Å². The van der Waals surface area contributed by atoms with E-state index in [2.05, 4.69) is 34.4 Å². The minimum atomic E-state index is -2.44. The van der Waals surface area contributed by atoms with E-state index in [4.69, 9.17) is 9.47 Å². The molecule has 8 atom stereocenters. The quantitative estimate of drug-likeness (QED) is 0.0656. The Bertz CT molecular complexity index is 1140. The van der Waals surface area contributed by atoms with Crippen LogP contribution in [0.3, 0.4) is 0 Å². The van der Waals surface area contributed by atoms with Gasteiger partial charge < -0.3 is 61.4 Å². The first kappa shape index (κ1) is 32.6. The number of hydrogen-bond donors (Lipinski definition) is 10. The fourth-order valence-electron chi connectivity index (χ4n) is 4.89. The number of amides is 4. The fraction of sp³-hybridized carbons (Fsp3) is 0.667. The summed E-state index contributed by atoms with van der Waals surface area (Å²) in [5.41, 5.74) is -14.0. The highest BCUT2D eigenvalue weighted by atomic mass is 33.1. The molecule has 4 amide bonds. The number of aliphatic hydroxyl groups excluding tert-OH is 2. The molecule has 0 aliphatic carbocycles. The third-order valence-corrected chi connectivity index (χ3v) is 10.5. The predicted octanol–water partition coefficient (Wildman–Crippen LogP) is -4.19. The molecule has 6 rings (SSSR count). The molecule has 234 valence electrons. The number of piperazine rings is 2. The topological polar surface area (TPSA) is 256 Å². The van der Waals surface area contributed by atoms with E-state index < -0.39 is 69.9 Å². The molecule has 0 aromatic rings. The zero-order chi connectivity index (χ0) is 31.5. The smallest absolute Gasteiger partial charge is 0.280 e. The van der Waals surface area contributed by atoms with Crippen molar-refractivity contribution in [2.45, 2.75) is 73.0 Å². The average Bonchev–Trinajstić information content (AvgIpc) is 2.90. The highest BCUT2D eigenvalue weighted by Gasteiger charge is 2.65. The molecule has 42 heavy (non-hydrogen) atoms. The van der Waals surface area contributed by atoms with Crippen LogP contribution >= 0.6 is 21.6 Å². The summed E-state index contributed by atoms with van der Waals surface area (Å²) in [4.78, 5) is 51.1. The molecule has 6 fully saturated rings. The van der Waals surface area contributed by atoms with E-state index in [1.54, 1.807) is 0 Å². The third kappa shape index (κ3) is 5.02. The third-order valence-electron chi connectivity index (χ3n) is 7.74. The normalized spacial score (nSPS) is 37.5. The van der Waals surface area contributed by atoms with Crippen molar-refractivity contribution in [3.05, 3.63) is 24.3 Å². The molecule has 0 radical (unpaired) electrons. The number of hydrogen-bond acceptors (Lipinski definition) is 14. The van der Waals surface area contributed by atoms with Gasteiger partial charge in [-0.1, -0.05) is 34.7 Å². The van der Waals surface area contributed by atoms with Gasteiger partial charge in [0.1, 0.15) is 23.4 Å². The summed E-state index contributed by atoms with van der Waals surface area (Å²) in [5.74, 6) is -5.06. The van der Waals surface area contributed by atoms with Crippen LogP contribution in [0.4, 0.5) is 0 Å². The lowest BCUT2D eigenvalue weighted by Crippen LogP contribution is -2.82. The van der Waals surface area contributed by atoms with Crippen LogP contribution in [0.1, 0.15) is 26.7 Å². The molecule has 4 bridgehead atoms. The maximum atomic E-state index is 12.9. The van der Waals surface area contributed by atoms with E-state index in [0.717, 1.165) is 21.6 Å². The average molecular weight is 635 g/mol. The van der Waals surface area contributed by atoms with Crippen LogP contribution in [0.25, 0.3) is 0 Å². The van der Waals surface area contributed by atoms with Crippen molar-refractivity contribution in [1.82, 2.24) is 21.3 Å². The Kier molecular flexibility index (Phi) is 8.33. The summed E-state index contributed by atoms with van der Waals surface area (Å²) in [6, 6.07) is 0. The van der Waals surface area contributed by atoms with E-state index >= 15 is 0 Å². The van der Waals surface area contributed by atoms with E-state index in [-0.39, 0.29) is 48.7 Å². The van der Waals surface area contributed by atoms with Gasteiger partial charge in [0.2, 0.25) is 11.4 Å². The SMILES string of the molecule is C=C1CCO[C@]2([C@H](O)[C@@](C)(O)CSSC[C@](C)(O)[C@H](O)[C@]34NC(=O)[C@](O)(NC3=O)C(=C)CCO4)NC(=O)[C@@]1(O)NC2=O. The second kappa shape index (κ2) is 10.7. The monoisotopic (exact) mass is 634 g/mol. The molecule has 6 saturated heterocycles. The van der Waals surface area contributed by atoms with Gasteiger partial charge in [-0.05, 0) is 37.8 Å². The van der Waals surface area contributed by atoms with Crippen LogP contribution in [-0.4, -0.2) is 125 Å². The Labute approximate surface area is 247 Å². The van der Waals surface area contributed by atoms with Gasteiger partial charge in [-0.25, -0.2) is 0 Å². The minimum absolute atomic E-state index is 0.0272. The summed E-state index contributed by atoms with van der Waals surface area (Å²) in [6.07, 6.45) is -4.14. The van der Waals surface area contributed by atoms with Crippen molar-refractivity contribution in [3.8, 4) is 0 Å². The first-order valence-corrected chi connectivity index (χ1v) is 15.2. The molecule has 10 N–H and O–H groups in total. The molecule has 6 heterocycles. The second-order valence-electron chi connectivity index (χ2n) is 11.2. The highest BCUT2D eigenvalue weighted by Crippen LogP contribution is 2.39. The largest absolute Gasteiger partial charge is 0.386 e. The van der Waals surface area contributed by atoms with Crippen LogP contribution in [-0.2, 0) is 28.7 Å². The highest BCUT2D eigenvalue weighted by molar-refractivity contribution is 8.76. The number of rotatable bonds is 9. The van der Waals surface area contributed by atoms with Crippen molar-refractivity contribution < 1.29 is 59.3 Å². The van der Waals surface area contributed by atoms with Gasteiger partial charge in [0.25, 0.3) is 35.1 Å². The number of nitrogens with one attached hydrogen (secondary N) is 4. The Hall–Kier alpha value is -2.26. The van der Waals surface area contributed by atoms with Gasteiger partial charge in [0.15, 0.2) is 0 Å². The molecule has 0 unspecified atom stereocenters. The van der Waals surface area contributed by atoms with E-state index in [1.165, 1.54) is 13.8 Å². The second-order valence-corrected chi connectivity index (χ2v) is 13.6. The Balaban J connectivity index is 1.41. The van der Waals surface area contributed by atoms with Crippen molar-refractivity contribution in [1.29, 1.82) is 0 Å². The lowest BCUT2D eigenvalue weighted by Gasteiger charge is -2.50. The first-order valence-electron chi connectivity index (χ1n) is 12.7. The van der Waals surface area contributed by atoms with Crippen LogP contribution < -0.4 is 21.3 Å². The van der Waals surface area contributed by atoms with Gasteiger partial charge in [-0.3, -0.25) is 19.2 Å². The number of carbonyl (C=O) groups is 4. The summed E-state index contributed by atoms with van der Waals surface area (Å²) >= 11 is 0. The zero-order valence-electron chi connectivity index (χ0n) is 22.8. The Morgan fingerprint density at radius 1 is 0.738 bits per heavy atom. The Morgan fingerprint density at radius 3 is 1.40 bits per heavy atom. The maximum absolute atomic E-state index is 12.9. The van der Waals surface area contributed by atoms with Gasteiger partial charge in [0, 0.05) is 11.5 Å². The van der Waals surface area contributed by atoms with Gasteiger partial charge in [-0.2, -0.15) is 0 Å². The standard InChI is InChI=1S/C24H34N4O12S2/c1-11-5-7-39-23(17(33)25-21(11,37)15(31)27-23)13(29)19(3,35)9-41-42-10-20(4,36)14(30)24-18(34)26-22(38,16(32)28-24)12(2)6-8-40-24/h13-14,29-30,35-38H,1-2,5-10H2,3-4H3,(H,25,33)(H,26,34)(H,27,31)(H,28,32)/t13-,14+,19-,20-,21-,22+,23+,24-/m0/s1. The van der Waals surface area contributed by atoms with Crippen molar-refractivity contribution in [3.63, 3.8) is 0 Å².